The molecule has 0 spiro atoms. The third-order valence-corrected chi connectivity index (χ3v) is 8.57. The molecule has 42 heavy (non-hydrogen) atoms. The number of hydrogen-bond acceptors (Lipinski definition) is 7. The van der Waals surface area contributed by atoms with Crippen LogP contribution in [-0.4, -0.2) is 87.4 Å². The van der Waals surface area contributed by atoms with Gasteiger partial charge in [0, 0.05) is 50.5 Å². The minimum absolute atomic E-state index is 0.193. The molecule has 0 radical (unpaired) electrons. The molecule has 2 aliphatic rings. The monoisotopic (exact) mass is 567 g/mol. The van der Waals surface area contributed by atoms with Crippen LogP contribution in [0.15, 0.2) is 60.8 Å². The van der Waals surface area contributed by atoms with Crippen LogP contribution in [0.1, 0.15) is 37.1 Å². The van der Waals surface area contributed by atoms with Crippen molar-refractivity contribution in [1.29, 1.82) is 0 Å². The van der Waals surface area contributed by atoms with Gasteiger partial charge in [0.15, 0.2) is 5.82 Å². The molecule has 1 saturated carbocycles. The number of anilines is 1. The van der Waals surface area contributed by atoms with E-state index < -0.39 is 0 Å². The zero-order valence-electron chi connectivity index (χ0n) is 24.5. The third kappa shape index (κ3) is 6.79. The Morgan fingerprint density at radius 3 is 2.71 bits per heavy atom. The fourth-order valence-corrected chi connectivity index (χ4v) is 6.23. The summed E-state index contributed by atoms with van der Waals surface area (Å²) in [5.41, 5.74) is 2.02. The summed E-state index contributed by atoms with van der Waals surface area (Å²) in [6.07, 6.45) is 6.72. The van der Waals surface area contributed by atoms with Crippen molar-refractivity contribution in [1.82, 2.24) is 29.5 Å². The number of carbonyl (C=O) groups is 1. The number of aromatic nitrogens is 4. The van der Waals surface area contributed by atoms with E-state index in [0.717, 1.165) is 80.4 Å². The van der Waals surface area contributed by atoms with Gasteiger partial charge in [-0.25, -0.2) is 14.6 Å². The van der Waals surface area contributed by atoms with E-state index in [9.17, 15) is 4.79 Å². The van der Waals surface area contributed by atoms with Gasteiger partial charge in [-0.05, 0) is 48.2 Å². The van der Waals surface area contributed by atoms with E-state index in [2.05, 4.69) is 50.4 Å². The summed E-state index contributed by atoms with van der Waals surface area (Å²) in [6.45, 7) is 8.56. The van der Waals surface area contributed by atoms with E-state index in [1.54, 1.807) is 6.20 Å². The van der Waals surface area contributed by atoms with Crippen LogP contribution in [0.3, 0.4) is 0 Å². The number of nitrogens with one attached hydrogen (secondary N) is 1. The number of benzene rings is 2. The number of nitrogens with zero attached hydrogens (tertiary/aromatic N) is 6. The second-order valence-electron chi connectivity index (χ2n) is 11.4. The summed E-state index contributed by atoms with van der Waals surface area (Å²) >= 11 is 0. The second-order valence-corrected chi connectivity index (χ2v) is 11.4. The summed E-state index contributed by atoms with van der Waals surface area (Å²) in [4.78, 5) is 27.5. The molecule has 2 aromatic heterocycles. The van der Waals surface area contributed by atoms with Crippen molar-refractivity contribution < 1.29 is 9.53 Å². The molecule has 9 nitrogen and oxygen atoms in total. The van der Waals surface area contributed by atoms with Crippen LogP contribution in [-0.2, 0) is 22.5 Å². The van der Waals surface area contributed by atoms with E-state index in [4.69, 9.17) is 14.8 Å². The van der Waals surface area contributed by atoms with Gasteiger partial charge in [-0.3, -0.25) is 9.69 Å². The lowest BCUT2D eigenvalue weighted by Gasteiger charge is -2.29. The quantitative estimate of drug-likeness (QED) is 0.284. The van der Waals surface area contributed by atoms with Crippen molar-refractivity contribution in [3.8, 4) is 11.4 Å². The van der Waals surface area contributed by atoms with Crippen molar-refractivity contribution in [3.05, 3.63) is 72.2 Å². The average Bonchev–Trinajstić information content (AvgIpc) is 3.69. The molecule has 9 heteroatoms. The largest absolute Gasteiger partial charge is 0.379 e. The highest BCUT2D eigenvalue weighted by Crippen LogP contribution is 2.26. The van der Waals surface area contributed by atoms with Crippen LogP contribution in [0.4, 0.5) is 5.82 Å². The summed E-state index contributed by atoms with van der Waals surface area (Å²) in [5.74, 6) is 2.54. The molecule has 4 aromatic rings. The first-order chi connectivity index (χ1) is 20.6. The molecule has 1 aliphatic carbocycles. The van der Waals surface area contributed by atoms with Crippen LogP contribution in [0, 0.1) is 6.92 Å². The SMILES string of the molecule is Cc1nc(-c2ccnc(NCCN3CCOCC3)c2)nn1CCN(C(=O)Cc1cccc2ccccc12)C1CCCC1. The van der Waals surface area contributed by atoms with Crippen molar-refractivity contribution in [2.24, 2.45) is 0 Å². The van der Waals surface area contributed by atoms with Gasteiger partial charge in [0.2, 0.25) is 5.91 Å². The Kier molecular flexibility index (Phi) is 9.06. The van der Waals surface area contributed by atoms with Crippen LogP contribution < -0.4 is 5.32 Å². The summed E-state index contributed by atoms with van der Waals surface area (Å²) in [7, 11) is 0. The molecule has 1 N–H and O–H groups in total. The van der Waals surface area contributed by atoms with E-state index in [1.807, 2.05) is 35.9 Å². The van der Waals surface area contributed by atoms with Gasteiger partial charge in [-0.1, -0.05) is 55.3 Å². The maximum Gasteiger partial charge on any atom is 0.227 e. The molecule has 1 amide bonds. The van der Waals surface area contributed by atoms with Crippen molar-refractivity contribution in [2.75, 3.05) is 51.3 Å². The Bertz CT molecular complexity index is 1490. The molecular weight excluding hydrogens is 526 g/mol. The van der Waals surface area contributed by atoms with Crippen molar-refractivity contribution in [2.45, 2.75) is 51.6 Å². The minimum atomic E-state index is 0.193. The fraction of sp³-hybridized carbons (Fsp3) is 0.455. The van der Waals surface area contributed by atoms with E-state index >= 15 is 0 Å². The van der Waals surface area contributed by atoms with Gasteiger partial charge in [0.05, 0.1) is 26.2 Å². The fourth-order valence-electron chi connectivity index (χ4n) is 6.23. The predicted octanol–water partition coefficient (Wildman–Crippen LogP) is 4.56. The second kappa shape index (κ2) is 13.4. The smallest absolute Gasteiger partial charge is 0.227 e. The van der Waals surface area contributed by atoms with Crippen molar-refractivity contribution >= 4 is 22.5 Å². The summed E-state index contributed by atoms with van der Waals surface area (Å²) in [6, 6.07) is 18.8. The molecule has 1 saturated heterocycles. The molecule has 0 unspecified atom stereocenters. The Morgan fingerprint density at radius 2 is 1.86 bits per heavy atom. The Labute approximate surface area is 247 Å². The number of ether oxygens (including phenoxy) is 1. The molecule has 220 valence electrons. The third-order valence-electron chi connectivity index (χ3n) is 8.57. The molecule has 3 heterocycles. The highest BCUT2D eigenvalue weighted by Gasteiger charge is 2.27. The summed E-state index contributed by atoms with van der Waals surface area (Å²) in [5, 5.41) is 10.6. The van der Waals surface area contributed by atoms with E-state index in [1.165, 1.54) is 18.2 Å². The topological polar surface area (TPSA) is 88.4 Å². The zero-order chi connectivity index (χ0) is 28.7. The first-order valence-corrected chi connectivity index (χ1v) is 15.3. The Morgan fingerprint density at radius 1 is 1.05 bits per heavy atom. The molecular formula is C33H41N7O2. The summed E-state index contributed by atoms with van der Waals surface area (Å²) < 4.78 is 7.38. The first-order valence-electron chi connectivity index (χ1n) is 15.3. The number of amides is 1. The molecule has 2 aromatic carbocycles. The zero-order valence-corrected chi connectivity index (χ0v) is 24.5. The first kappa shape index (κ1) is 28.3. The highest BCUT2D eigenvalue weighted by atomic mass is 16.5. The predicted molar refractivity (Wildman–Crippen MR) is 165 cm³/mol. The number of rotatable bonds is 11. The molecule has 0 atom stereocenters. The standard InChI is InChI=1S/C33H41N7O2/c1-25-36-33(28-13-14-34-31(23-28)35-15-16-38-19-21-42-22-20-38)37-40(25)18-17-39(29-10-3-4-11-29)32(41)24-27-9-6-8-26-7-2-5-12-30(26)27/h2,5-9,12-14,23,29H,3-4,10-11,15-22,24H2,1H3,(H,34,35). The molecule has 2 fully saturated rings. The number of morpholine rings is 1. The number of carbonyl (C=O) groups excluding carboxylic acids is 1. The number of aryl methyl sites for hydroxylation is 1. The van der Waals surface area contributed by atoms with Crippen LogP contribution in [0.2, 0.25) is 0 Å². The maximum atomic E-state index is 13.8. The lowest BCUT2D eigenvalue weighted by atomic mass is 10.0. The van der Waals surface area contributed by atoms with E-state index in [-0.39, 0.29) is 5.91 Å². The van der Waals surface area contributed by atoms with Gasteiger partial charge >= 0.3 is 0 Å². The highest BCUT2D eigenvalue weighted by molar-refractivity contribution is 5.90. The maximum absolute atomic E-state index is 13.8. The van der Waals surface area contributed by atoms with Crippen LogP contribution >= 0.6 is 0 Å². The average molecular weight is 568 g/mol. The normalized spacial score (nSPS) is 16.2. The van der Waals surface area contributed by atoms with Gasteiger partial charge in [0.1, 0.15) is 11.6 Å². The number of pyridine rings is 1. The van der Waals surface area contributed by atoms with Gasteiger partial charge in [0.25, 0.3) is 0 Å². The molecule has 1 aliphatic heterocycles. The van der Waals surface area contributed by atoms with Gasteiger partial charge in [-0.2, -0.15) is 5.10 Å². The number of fused-ring (bicyclic) bond motifs is 1. The van der Waals surface area contributed by atoms with Gasteiger partial charge < -0.3 is 15.0 Å². The minimum Gasteiger partial charge on any atom is -0.379 e. The lowest BCUT2D eigenvalue weighted by molar-refractivity contribution is -0.132. The lowest BCUT2D eigenvalue weighted by Crippen LogP contribution is -2.42. The Balaban J connectivity index is 1.11. The Hall–Kier alpha value is -3.82. The van der Waals surface area contributed by atoms with Crippen LogP contribution in [0.25, 0.3) is 22.2 Å². The molecule has 0 bridgehead atoms. The van der Waals surface area contributed by atoms with Gasteiger partial charge in [-0.15, -0.1) is 0 Å². The van der Waals surface area contributed by atoms with Crippen LogP contribution in [0.5, 0.6) is 0 Å². The molecule has 6 rings (SSSR count). The number of hydrogen-bond donors (Lipinski definition) is 1. The van der Waals surface area contributed by atoms with Crippen molar-refractivity contribution in [3.63, 3.8) is 0 Å². The van der Waals surface area contributed by atoms with E-state index in [0.29, 0.717) is 31.4 Å².